The van der Waals surface area contributed by atoms with Crippen LogP contribution in [0.5, 0.6) is 5.75 Å². The summed E-state index contributed by atoms with van der Waals surface area (Å²) < 4.78 is 151. The summed E-state index contributed by atoms with van der Waals surface area (Å²) in [5, 5.41) is 31.8. The molecule has 0 aliphatic carbocycles. The Labute approximate surface area is 206 Å². The van der Waals surface area contributed by atoms with E-state index in [-0.39, 0.29) is 6.42 Å². The lowest BCUT2D eigenvalue weighted by molar-refractivity contribution is 0.126. The molecule has 4 N–H and O–H groups in total. The first-order valence-electron chi connectivity index (χ1n) is 18.1. The Bertz CT molecular complexity index is 1440. The largest absolute Gasteiger partial charge is 0.508 e. The van der Waals surface area contributed by atoms with Gasteiger partial charge < -0.3 is 25.4 Å². The van der Waals surface area contributed by atoms with Gasteiger partial charge in [-0.25, -0.2) is 0 Å². The third-order valence-corrected chi connectivity index (χ3v) is 3.67. The first-order chi connectivity index (χ1) is 21.5. The molecule has 5 nitrogen and oxygen atoms in total. The van der Waals surface area contributed by atoms with E-state index in [0.717, 1.165) is 5.56 Å². The number of rotatable bonds is 16. The zero-order chi connectivity index (χ0) is 37.5. The topological polar surface area (TPSA) is 82.0 Å². The van der Waals surface area contributed by atoms with Gasteiger partial charge >= 0.3 is 0 Å². The molecule has 2 rings (SSSR count). The molecule has 0 aliphatic rings. The third-order valence-electron chi connectivity index (χ3n) is 3.67. The molecule has 1 atom stereocenters. The Morgan fingerprint density at radius 2 is 1.87 bits per heavy atom. The van der Waals surface area contributed by atoms with Crippen LogP contribution in [-0.2, 0) is 17.8 Å². The predicted molar refractivity (Wildman–Crippen MR) is 121 cm³/mol. The van der Waals surface area contributed by atoms with Crippen molar-refractivity contribution in [3.8, 4) is 5.75 Å². The zero-order valence-corrected chi connectivity index (χ0v) is 16.2. The van der Waals surface area contributed by atoms with Crippen molar-refractivity contribution in [1.82, 2.24) is 5.32 Å². The Balaban J connectivity index is 2.36. The van der Waals surface area contributed by atoms with Crippen molar-refractivity contribution in [1.29, 1.82) is 0 Å². The van der Waals surface area contributed by atoms with Gasteiger partial charge in [0.25, 0.3) is 0 Å². The SMILES string of the molecule is [2H]c1c([2H])c(C([2H])(O)CNC([2H])([2H])C([2H])([2H])C([2H])([2H])C([2H])([2H])C([2H])([2H])C([2H])([2H])OC([2H])([2H])CCCc2ccccc2)c([2H])c(CO)c1O. The average Bonchev–Trinajstić information content (AvgIpc) is 2.94. The van der Waals surface area contributed by atoms with Gasteiger partial charge in [-0.2, -0.15) is 0 Å². The molecule has 1 unspecified atom stereocenters. The minimum absolute atomic E-state index is 0.0819. The van der Waals surface area contributed by atoms with Gasteiger partial charge in [0.05, 0.1) is 23.7 Å². The van der Waals surface area contributed by atoms with E-state index in [1.807, 2.05) is 0 Å². The highest BCUT2D eigenvalue weighted by Gasteiger charge is 2.09. The Morgan fingerprint density at radius 3 is 2.67 bits per heavy atom. The Kier molecular flexibility index (Phi) is 4.63. The lowest BCUT2D eigenvalue weighted by Gasteiger charge is -2.14. The molecule has 2 aromatic rings. The van der Waals surface area contributed by atoms with E-state index in [4.69, 9.17) is 29.4 Å². The Morgan fingerprint density at radius 1 is 1.07 bits per heavy atom. The van der Waals surface area contributed by atoms with Gasteiger partial charge in [0.15, 0.2) is 0 Å². The van der Waals surface area contributed by atoms with Crippen LogP contribution in [0.4, 0.5) is 0 Å². The summed E-state index contributed by atoms with van der Waals surface area (Å²) in [4.78, 5) is 0. The molecule has 2 aromatic carbocycles. The number of phenols is 1. The first kappa shape index (κ1) is 9.29. The van der Waals surface area contributed by atoms with Gasteiger partial charge in [-0.3, -0.25) is 0 Å². The van der Waals surface area contributed by atoms with Crippen LogP contribution < -0.4 is 5.32 Å². The average molecular weight is 434 g/mol. The second kappa shape index (κ2) is 15.0. The van der Waals surface area contributed by atoms with Crippen molar-refractivity contribution >= 4 is 0 Å². The van der Waals surface area contributed by atoms with E-state index >= 15 is 0 Å². The summed E-state index contributed by atoms with van der Waals surface area (Å²) in [6, 6.07) is 5.67. The van der Waals surface area contributed by atoms with Gasteiger partial charge in [0.2, 0.25) is 0 Å². The molecule has 0 fully saturated rings. The monoisotopic (exact) mass is 433 g/mol. The fraction of sp³-hybridized carbons (Fsp3) is 0.520. The summed E-state index contributed by atoms with van der Waals surface area (Å²) in [5.41, 5.74) is -0.889. The number of aromatic hydroxyl groups is 1. The standard InChI is InChI=1S/C25H37NO4/c27-20-23-18-22(13-14-24(23)28)25(29)19-26-15-7-1-2-8-16-30-17-9-6-12-21-10-4-3-5-11-21/h3-5,10-11,13-14,18,25-29H,1-2,6-9,12,15-17,19-20H2/i1D2,2D2,7D2,8D2,13D,14D,15D2,16D2,17D2,18D,25D. The van der Waals surface area contributed by atoms with E-state index in [0.29, 0.717) is 6.42 Å². The van der Waals surface area contributed by atoms with Crippen LogP contribution in [0.15, 0.2) is 48.5 Å². The van der Waals surface area contributed by atoms with Crippen molar-refractivity contribution in [2.24, 2.45) is 0 Å². The van der Waals surface area contributed by atoms with Crippen molar-refractivity contribution in [3.05, 3.63) is 65.1 Å². The lowest BCUT2D eigenvalue weighted by atomic mass is 10.1. The smallest absolute Gasteiger partial charge is 0.121 e. The number of aryl methyl sites for hydroxylation is 1. The van der Waals surface area contributed by atoms with Crippen LogP contribution in [0.1, 0.15) is 85.8 Å². The molecular formula is C25H37NO4. The quantitative estimate of drug-likeness (QED) is 0.320. The second-order valence-electron chi connectivity index (χ2n) is 5.85. The molecular weight excluding hydrogens is 378 g/mol. The van der Waals surface area contributed by atoms with Gasteiger partial charge in [-0.1, -0.05) is 49.1 Å². The zero-order valence-electron chi connectivity index (χ0n) is 34.2. The molecule has 0 aliphatic heterocycles. The van der Waals surface area contributed by atoms with Crippen LogP contribution >= 0.6 is 0 Å². The van der Waals surface area contributed by atoms with Crippen LogP contribution in [0.3, 0.4) is 0 Å². The molecule has 0 saturated carbocycles. The summed E-state index contributed by atoms with van der Waals surface area (Å²) in [6.07, 6.45) is -20.4. The van der Waals surface area contributed by atoms with Crippen LogP contribution in [0.25, 0.3) is 0 Å². The maximum absolute atomic E-state index is 10.7. The van der Waals surface area contributed by atoms with E-state index in [1.54, 1.807) is 35.6 Å². The molecule has 0 bridgehead atoms. The van der Waals surface area contributed by atoms with Gasteiger partial charge in [0, 0.05) is 38.9 Å². The normalized spacial score (nSPS) is 25.4. The van der Waals surface area contributed by atoms with E-state index in [2.05, 4.69) is 0 Å². The highest BCUT2D eigenvalue weighted by atomic mass is 16.5. The summed E-state index contributed by atoms with van der Waals surface area (Å²) >= 11 is 0. The molecule has 166 valence electrons. The summed E-state index contributed by atoms with van der Waals surface area (Å²) in [7, 11) is 0. The number of aliphatic hydroxyl groups is 2. The van der Waals surface area contributed by atoms with Crippen molar-refractivity contribution < 1.29 is 44.7 Å². The van der Waals surface area contributed by atoms with E-state index in [9.17, 15) is 15.3 Å². The fourth-order valence-electron chi connectivity index (χ4n) is 2.20. The van der Waals surface area contributed by atoms with Gasteiger partial charge in [-0.05, 0) is 61.7 Å². The predicted octanol–water partition coefficient (Wildman–Crippen LogP) is 4.11. The minimum atomic E-state index is -4.32. The molecule has 5 heteroatoms. The third kappa shape index (κ3) is 9.72. The number of hydrogen-bond donors (Lipinski definition) is 4. The van der Waals surface area contributed by atoms with E-state index in [1.165, 1.54) is 0 Å². The number of ether oxygens (including phenoxy) is 1. The first-order valence-corrected chi connectivity index (χ1v) is 9.10. The number of nitrogens with one attached hydrogen (secondary N) is 1. The molecule has 0 heterocycles. The highest BCUT2D eigenvalue weighted by molar-refractivity contribution is 5.36. The van der Waals surface area contributed by atoms with Crippen molar-refractivity contribution in [2.75, 3.05) is 26.2 Å². The molecule has 0 radical (unpaired) electrons. The van der Waals surface area contributed by atoms with Crippen molar-refractivity contribution in [3.63, 3.8) is 0 Å². The summed E-state index contributed by atoms with van der Waals surface area (Å²) in [6.45, 7) is -13.3. The fourth-order valence-corrected chi connectivity index (χ4v) is 2.20. The number of benzene rings is 2. The lowest BCUT2D eigenvalue weighted by Crippen LogP contribution is -2.22. The molecule has 0 saturated heterocycles. The van der Waals surface area contributed by atoms with E-state index < -0.39 is 106 Å². The maximum atomic E-state index is 10.7. The molecule has 0 amide bonds. The maximum Gasteiger partial charge on any atom is 0.121 e. The second-order valence-corrected chi connectivity index (χ2v) is 5.85. The number of aliphatic hydroxyl groups excluding tert-OH is 1. The van der Waals surface area contributed by atoms with Gasteiger partial charge in [0.1, 0.15) is 5.75 Å². The Hall–Kier alpha value is -1.92. The highest BCUT2D eigenvalue weighted by Crippen LogP contribution is 2.22. The van der Waals surface area contributed by atoms with Crippen LogP contribution in [0.2, 0.25) is 0 Å². The molecule has 30 heavy (non-hydrogen) atoms. The summed E-state index contributed by atoms with van der Waals surface area (Å²) in [5.74, 6) is -1.000. The van der Waals surface area contributed by atoms with Crippen molar-refractivity contribution in [2.45, 2.75) is 57.4 Å². The van der Waals surface area contributed by atoms with Crippen LogP contribution in [0, 0.1) is 0 Å². The van der Waals surface area contributed by atoms with Crippen LogP contribution in [-0.4, -0.2) is 41.5 Å². The minimum Gasteiger partial charge on any atom is -0.508 e. The number of hydrogen-bond acceptors (Lipinski definition) is 5. The van der Waals surface area contributed by atoms with Gasteiger partial charge in [-0.15, -0.1) is 0 Å². The molecule has 0 aromatic heterocycles. The molecule has 0 spiro atoms.